The van der Waals surface area contributed by atoms with Crippen molar-refractivity contribution in [1.82, 2.24) is 9.97 Å². The fourth-order valence-electron chi connectivity index (χ4n) is 2.34. The number of thiophene rings is 1. The highest BCUT2D eigenvalue weighted by Gasteiger charge is 2.14. The molecule has 1 N–H and O–H groups in total. The molecule has 0 unspecified atom stereocenters. The highest BCUT2D eigenvalue weighted by atomic mass is 32.1. The molecule has 0 atom stereocenters. The van der Waals surface area contributed by atoms with E-state index in [0.29, 0.717) is 0 Å². The maximum Gasteiger partial charge on any atom is 0.137 e. The van der Waals surface area contributed by atoms with E-state index >= 15 is 0 Å². The lowest BCUT2D eigenvalue weighted by Gasteiger charge is -2.22. The first kappa shape index (κ1) is 15.8. The summed E-state index contributed by atoms with van der Waals surface area (Å²) in [5.41, 5.74) is 2.55. The largest absolute Gasteiger partial charge is 0.370 e. The summed E-state index contributed by atoms with van der Waals surface area (Å²) >= 11 is 1.73. The van der Waals surface area contributed by atoms with Crippen LogP contribution in [0.1, 0.15) is 37.8 Å². The van der Waals surface area contributed by atoms with Gasteiger partial charge in [-0.15, -0.1) is 0 Å². The van der Waals surface area contributed by atoms with Crippen LogP contribution in [0.5, 0.6) is 0 Å². The zero-order valence-corrected chi connectivity index (χ0v) is 13.9. The van der Waals surface area contributed by atoms with Crippen LogP contribution < -0.4 is 10.2 Å². The fraction of sp³-hybridized carbons (Fsp3) is 0.500. The van der Waals surface area contributed by atoms with E-state index < -0.39 is 0 Å². The molecule has 0 saturated heterocycles. The average Bonchev–Trinajstić information content (AvgIpc) is 2.99. The van der Waals surface area contributed by atoms with Crippen molar-refractivity contribution in [2.75, 3.05) is 23.8 Å². The van der Waals surface area contributed by atoms with E-state index in [9.17, 15) is 0 Å². The van der Waals surface area contributed by atoms with E-state index in [1.54, 1.807) is 17.7 Å². The van der Waals surface area contributed by atoms with E-state index in [1.807, 2.05) is 0 Å². The van der Waals surface area contributed by atoms with Crippen molar-refractivity contribution in [3.63, 3.8) is 0 Å². The van der Waals surface area contributed by atoms with Crippen LogP contribution in [0, 0.1) is 0 Å². The molecular weight excluding hydrogens is 280 g/mol. The van der Waals surface area contributed by atoms with E-state index in [2.05, 4.69) is 57.9 Å². The Bertz CT molecular complexity index is 539. The summed E-state index contributed by atoms with van der Waals surface area (Å²) in [6.45, 7) is 6.18. The molecule has 21 heavy (non-hydrogen) atoms. The summed E-state index contributed by atoms with van der Waals surface area (Å²) in [7, 11) is 2.10. The molecule has 2 aromatic heterocycles. The minimum Gasteiger partial charge on any atom is -0.370 e. The van der Waals surface area contributed by atoms with E-state index in [0.717, 1.165) is 44.0 Å². The van der Waals surface area contributed by atoms with Crippen molar-refractivity contribution >= 4 is 23.0 Å². The monoisotopic (exact) mass is 304 g/mol. The summed E-state index contributed by atoms with van der Waals surface area (Å²) < 4.78 is 0. The third-order valence-corrected chi connectivity index (χ3v) is 4.06. The second-order valence-corrected chi connectivity index (χ2v) is 5.97. The van der Waals surface area contributed by atoms with Crippen LogP contribution in [0.2, 0.25) is 0 Å². The van der Waals surface area contributed by atoms with Gasteiger partial charge in [0.1, 0.15) is 18.0 Å². The van der Waals surface area contributed by atoms with Crippen LogP contribution in [-0.4, -0.2) is 23.6 Å². The van der Waals surface area contributed by atoms with Crippen molar-refractivity contribution in [3.8, 4) is 0 Å². The third kappa shape index (κ3) is 4.17. The molecular formula is C16H24N4S. The van der Waals surface area contributed by atoms with Crippen molar-refractivity contribution < 1.29 is 0 Å². The van der Waals surface area contributed by atoms with Crippen LogP contribution in [-0.2, 0) is 13.0 Å². The molecule has 0 bridgehead atoms. The van der Waals surface area contributed by atoms with Gasteiger partial charge in [0.05, 0.1) is 0 Å². The van der Waals surface area contributed by atoms with Crippen LogP contribution >= 0.6 is 11.3 Å². The third-order valence-electron chi connectivity index (χ3n) is 3.33. The second-order valence-electron chi connectivity index (χ2n) is 5.19. The molecule has 5 heteroatoms. The molecule has 2 rings (SSSR count). The van der Waals surface area contributed by atoms with Gasteiger partial charge >= 0.3 is 0 Å². The molecule has 0 radical (unpaired) electrons. The maximum absolute atomic E-state index is 4.52. The Morgan fingerprint density at radius 3 is 2.76 bits per heavy atom. The Morgan fingerprint density at radius 1 is 1.24 bits per heavy atom. The summed E-state index contributed by atoms with van der Waals surface area (Å²) in [5, 5.41) is 7.73. The van der Waals surface area contributed by atoms with Gasteiger partial charge in [0.2, 0.25) is 0 Å². The van der Waals surface area contributed by atoms with E-state index in [4.69, 9.17) is 0 Å². The van der Waals surface area contributed by atoms with Gasteiger partial charge < -0.3 is 10.2 Å². The molecule has 114 valence electrons. The highest BCUT2D eigenvalue weighted by molar-refractivity contribution is 7.07. The lowest BCUT2D eigenvalue weighted by molar-refractivity contribution is 0.840. The predicted molar refractivity (Wildman–Crippen MR) is 91.2 cm³/mol. The molecule has 0 spiro atoms. The van der Waals surface area contributed by atoms with Gasteiger partial charge in [0.15, 0.2) is 0 Å². The Labute approximate surface area is 131 Å². The predicted octanol–water partition coefficient (Wildman–Crippen LogP) is 3.95. The molecule has 0 fully saturated rings. The normalized spacial score (nSPS) is 10.6. The number of nitrogens with one attached hydrogen (secondary N) is 1. The summed E-state index contributed by atoms with van der Waals surface area (Å²) in [6.07, 6.45) is 4.84. The van der Waals surface area contributed by atoms with Crippen LogP contribution in [0.4, 0.5) is 11.6 Å². The first-order chi connectivity index (χ1) is 10.3. The SMILES string of the molecule is CCCNc1ncnc(N(C)Cc2ccsc2)c1CCC. The minimum absolute atomic E-state index is 0.879. The van der Waals surface area contributed by atoms with Crippen LogP contribution in [0.25, 0.3) is 0 Å². The molecule has 0 aliphatic rings. The van der Waals surface area contributed by atoms with Gasteiger partial charge in [-0.05, 0) is 35.2 Å². The maximum atomic E-state index is 4.52. The smallest absolute Gasteiger partial charge is 0.137 e. The number of anilines is 2. The summed E-state index contributed by atoms with van der Waals surface area (Å²) in [6, 6.07) is 2.16. The number of rotatable bonds is 8. The molecule has 4 nitrogen and oxygen atoms in total. The van der Waals surface area contributed by atoms with Gasteiger partial charge in [0.25, 0.3) is 0 Å². The second kappa shape index (κ2) is 7.98. The highest BCUT2D eigenvalue weighted by Crippen LogP contribution is 2.25. The zero-order chi connectivity index (χ0) is 15.1. The summed E-state index contributed by atoms with van der Waals surface area (Å²) in [4.78, 5) is 11.2. The lowest BCUT2D eigenvalue weighted by Crippen LogP contribution is -2.20. The quantitative estimate of drug-likeness (QED) is 0.802. The minimum atomic E-state index is 0.879. The molecule has 2 heterocycles. The number of hydrogen-bond donors (Lipinski definition) is 1. The Hall–Kier alpha value is -1.62. The van der Waals surface area contributed by atoms with Gasteiger partial charge in [0, 0.05) is 25.7 Å². The van der Waals surface area contributed by atoms with Gasteiger partial charge in [-0.25, -0.2) is 9.97 Å². The number of nitrogens with zero attached hydrogens (tertiary/aromatic N) is 3. The molecule has 0 aromatic carbocycles. The van der Waals surface area contributed by atoms with Crippen molar-refractivity contribution in [2.24, 2.45) is 0 Å². The molecule has 0 aliphatic carbocycles. The zero-order valence-electron chi connectivity index (χ0n) is 13.1. The van der Waals surface area contributed by atoms with Crippen molar-refractivity contribution in [3.05, 3.63) is 34.3 Å². The van der Waals surface area contributed by atoms with Gasteiger partial charge in [-0.3, -0.25) is 0 Å². The number of aromatic nitrogens is 2. The van der Waals surface area contributed by atoms with E-state index in [-0.39, 0.29) is 0 Å². The van der Waals surface area contributed by atoms with Crippen molar-refractivity contribution in [1.29, 1.82) is 0 Å². The Balaban J connectivity index is 2.23. The van der Waals surface area contributed by atoms with E-state index in [1.165, 1.54) is 11.1 Å². The molecule has 0 saturated carbocycles. The van der Waals surface area contributed by atoms with Crippen LogP contribution in [0.15, 0.2) is 23.2 Å². The topological polar surface area (TPSA) is 41.1 Å². The van der Waals surface area contributed by atoms with Gasteiger partial charge in [-0.2, -0.15) is 11.3 Å². The standard InChI is InChI=1S/C16H24N4S/c1-4-6-14-15(17-8-5-2)18-12-19-16(14)20(3)10-13-7-9-21-11-13/h7,9,11-12H,4-6,8,10H2,1-3H3,(H,17,18,19). The van der Waals surface area contributed by atoms with Gasteiger partial charge in [-0.1, -0.05) is 20.3 Å². The fourth-order valence-corrected chi connectivity index (χ4v) is 3.00. The Morgan fingerprint density at radius 2 is 2.10 bits per heavy atom. The Kier molecular flexibility index (Phi) is 5.99. The van der Waals surface area contributed by atoms with Crippen molar-refractivity contribution in [2.45, 2.75) is 39.7 Å². The first-order valence-corrected chi connectivity index (χ1v) is 8.50. The number of hydrogen-bond acceptors (Lipinski definition) is 5. The average molecular weight is 304 g/mol. The van der Waals surface area contributed by atoms with Crippen LogP contribution in [0.3, 0.4) is 0 Å². The summed E-state index contributed by atoms with van der Waals surface area (Å²) in [5.74, 6) is 2.03. The molecule has 0 amide bonds. The first-order valence-electron chi connectivity index (χ1n) is 7.56. The lowest BCUT2D eigenvalue weighted by atomic mass is 10.1. The molecule has 0 aliphatic heterocycles. The molecule has 2 aromatic rings.